The van der Waals surface area contributed by atoms with E-state index in [4.69, 9.17) is 16.0 Å². The fourth-order valence-corrected chi connectivity index (χ4v) is 4.56. The molecule has 0 aliphatic rings. The molecule has 0 radical (unpaired) electrons. The van der Waals surface area contributed by atoms with Gasteiger partial charge in [0.05, 0.1) is 5.69 Å². The zero-order valence-corrected chi connectivity index (χ0v) is 23.2. The van der Waals surface area contributed by atoms with Gasteiger partial charge in [-0.1, -0.05) is 23.7 Å². The minimum absolute atomic E-state index is 0.270. The lowest BCUT2D eigenvalue weighted by molar-refractivity contribution is -0.111. The van der Waals surface area contributed by atoms with Gasteiger partial charge in [-0.2, -0.15) is 4.80 Å². The van der Waals surface area contributed by atoms with Crippen LogP contribution in [0.15, 0.2) is 77.2 Å². The summed E-state index contributed by atoms with van der Waals surface area (Å²) in [6.45, 7) is 10.1. The number of fused-ring (bicyclic) bond motifs is 1. The first kappa shape index (κ1) is 26.3. The summed E-state index contributed by atoms with van der Waals surface area (Å²) in [5.41, 5.74) is 6.95. The second kappa shape index (κ2) is 11.2. The van der Waals surface area contributed by atoms with Crippen molar-refractivity contribution in [3.8, 4) is 17.0 Å². The number of aromatic nitrogens is 3. The largest absolute Gasteiger partial charge is 0.457 e. The summed E-state index contributed by atoms with van der Waals surface area (Å²) in [6, 6.07) is 21.4. The lowest BCUT2D eigenvalue weighted by Gasteiger charge is -2.20. The number of aryl methyl sites for hydroxylation is 2. The van der Waals surface area contributed by atoms with Crippen molar-refractivity contribution in [3.63, 3.8) is 0 Å². The molecule has 198 valence electrons. The number of nitrogens with zero attached hydrogens (tertiary/aromatic N) is 4. The molecule has 1 N–H and O–H groups in total. The minimum Gasteiger partial charge on any atom is -0.457 e. The van der Waals surface area contributed by atoms with Crippen molar-refractivity contribution in [2.45, 2.75) is 27.7 Å². The molecule has 0 spiro atoms. The zero-order valence-electron chi connectivity index (χ0n) is 22.4. The second-order valence-electron chi connectivity index (χ2n) is 9.32. The van der Waals surface area contributed by atoms with Gasteiger partial charge in [-0.05, 0) is 99.5 Å². The Morgan fingerprint density at radius 2 is 1.67 bits per heavy atom. The van der Waals surface area contributed by atoms with E-state index in [-0.39, 0.29) is 5.91 Å². The third-order valence-corrected chi connectivity index (χ3v) is 7.08. The number of carbonyl (C=O) groups is 1. The molecule has 0 fully saturated rings. The Morgan fingerprint density at radius 1 is 0.949 bits per heavy atom. The van der Waals surface area contributed by atoms with Crippen LogP contribution in [0.4, 0.5) is 11.4 Å². The van der Waals surface area contributed by atoms with Crippen LogP contribution in [0.25, 0.3) is 34.1 Å². The SMILES string of the molecule is CCN(CC)c1ccc(-n2nc3cc(C)c(NC(=O)/C=C/c4ccc(-c5ccc(C)c(Cl)c5)o4)cc3n2)cc1. The first-order chi connectivity index (χ1) is 18.8. The molecule has 8 heteroatoms. The summed E-state index contributed by atoms with van der Waals surface area (Å²) in [5.74, 6) is 0.983. The molecule has 39 heavy (non-hydrogen) atoms. The Bertz CT molecular complexity index is 1660. The molecule has 0 bridgehead atoms. The molecule has 5 rings (SSSR count). The zero-order chi connectivity index (χ0) is 27.5. The molecule has 2 aromatic heterocycles. The molecule has 1 amide bonds. The predicted molar refractivity (Wildman–Crippen MR) is 159 cm³/mol. The molecule has 0 saturated carbocycles. The van der Waals surface area contributed by atoms with Gasteiger partial charge in [-0.15, -0.1) is 10.2 Å². The van der Waals surface area contributed by atoms with Crippen LogP contribution in [-0.2, 0) is 4.79 Å². The van der Waals surface area contributed by atoms with Crippen molar-refractivity contribution in [2.75, 3.05) is 23.3 Å². The Kier molecular flexibility index (Phi) is 7.52. The fourth-order valence-electron chi connectivity index (χ4n) is 4.38. The molecule has 0 atom stereocenters. The lowest BCUT2D eigenvalue weighted by Crippen LogP contribution is -2.21. The number of benzene rings is 3. The van der Waals surface area contributed by atoms with Gasteiger partial charge in [0.25, 0.3) is 0 Å². The molecule has 0 saturated heterocycles. The average Bonchev–Trinajstić information content (AvgIpc) is 3.57. The third kappa shape index (κ3) is 5.73. The first-order valence-electron chi connectivity index (χ1n) is 12.9. The van der Waals surface area contributed by atoms with Crippen molar-refractivity contribution in [3.05, 3.63) is 94.7 Å². The van der Waals surface area contributed by atoms with Crippen LogP contribution in [0, 0.1) is 13.8 Å². The van der Waals surface area contributed by atoms with E-state index in [2.05, 4.69) is 46.4 Å². The molecule has 7 nitrogen and oxygen atoms in total. The third-order valence-electron chi connectivity index (χ3n) is 6.68. The number of amides is 1. The van der Waals surface area contributed by atoms with E-state index < -0.39 is 0 Å². The smallest absolute Gasteiger partial charge is 0.248 e. The van der Waals surface area contributed by atoms with Crippen molar-refractivity contribution in [1.29, 1.82) is 0 Å². The number of hydrogen-bond donors (Lipinski definition) is 1. The summed E-state index contributed by atoms with van der Waals surface area (Å²) in [7, 11) is 0. The van der Waals surface area contributed by atoms with E-state index in [1.807, 2.05) is 68.4 Å². The van der Waals surface area contributed by atoms with Crippen LogP contribution in [0.2, 0.25) is 5.02 Å². The Labute approximate surface area is 232 Å². The summed E-state index contributed by atoms with van der Waals surface area (Å²) >= 11 is 6.24. The molecule has 3 aromatic carbocycles. The van der Waals surface area contributed by atoms with Gasteiger partial charge in [-0.25, -0.2) is 0 Å². The average molecular weight is 540 g/mol. The number of nitrogens with one attached hydrogen (secondary N) is 1. The second-order valence-corrected chi connectivity index (χ2v) is 9.73. The van der Waals surface area contributed by atoms with Crippen LogP contribution < -0.4 is 10.2 Å². The number of anilines is 2. The Balaban J connectivity index is 1.29. The molecule has 2 heterocycles. The minimum atomic E-state index is -0.270. The van der Waals surface area contributed by atoms with Gasteiger partial charge < -0.3 is 14.6 Å². The molecule has 0 unspecified atom stereocenters. The number of carbonyl (C=O) groups excluding carboxylic acids is 1. The number of halogens is 1. The maximum atomic E-state index is 12.7. The van der Waals surface area contributed by atoms with E-state index in [1.54, 1.807) is 10.9 Å². The van der Waals surface area contributed by atoms with E-state index in [9.17, 15) is 4.79 Å². The first-order valence-corrected chi connectivity index (χ1v) is 13.3. The highest BCUT2D eigenvalue weighted by Crippen LogP contribution is 2.28. The summed E-state index contributed by atoms with van der Waals surface area (Å²) in [4.78, 5) is 16.6. The van der Waals surface area contributed by atoms with Crippen LogP contribution >= 0.6 is 11.6 Å². The van der Waals surface area contributed by atoms with Crippen LogP contribution in [-0.4, -0.2) is 34.0 Å². The molecule has 0 aliphatic heterocycles. The summed E-state index contributed by atoms with van der Waals surface area (Å²) < 4.78 is 5.88. The molecule has 5 aromatic rings. The van der Waals surface area contributed by atoms with Gasteiger partial charge in [-0.3, -0.25) is 4.79 Å². The van der Waals surface area contributed by atoms with Crippen LogP contribution in [0.5, 0.6) is 0 Å². The van der Waals surface area contributed by atoms with E-state index in [0.717, 1.165) is 41.0 Å². The highest BCUT2D eigenvalue weighted by Gasteiger charge is 2.11. The van der Waals surface area contributed by atoms with Gasteiger partial charge in [0.2, 0.25) is 5.91 Å². The van der Waals surface area contributed by atoms with E-state index in [1.165, 1.54) is 11.8 Å². The van der Waals surface area contributed by atoms with Crippen molar-refractivity contribution < 1.29 is 9.21 Å². The number of furan rings is 1. The Hall–Kier alpha value is -4.36. The standard InChI is InChI=1S/C31H30ClN5O2/c1-5-36(6-2)23-9-11-24(12-10-23)37-34-28-17-21(4)27(19-29(28)35-37)33-31(38)16-14-25-13-15-30(39-25)22-8-7-20(3)26(32)18-22/h7-19H,5-6H2,1-4H3,(H,33,38)/b16-14+. The number of rotatable bonds is 8. The molecular weight excluding hydrogens is 510 g/mol. The summed E-state index contributed by atoms with van der Waals surface area (Å²) in [5, 5.41) is 12.9. The van der Waals surface area contributed by atoms with Crippen molar-refractivity contribution in [2.24, 2.45) is 0 Å². The highest BCUT2D eigenvalue weighted by atomic mass is 35.5. The van der Waals surface area contributed by atoms with E-state index >= 15 is 0 Å². The fraction of sp³-hybridized carbons (Fsp3) is 0.194. The predicted octanol–water partition coefficient (Wildman–Crippen LogP) is 7.45. The van der Waals surface area contributed by atoms with Crippen LogP contribution in [0.3, 0.4) is 0 Å². The quantitative estimate of drug-likeness (QED) is 0.207. The number of hydrogen-bond acceptors (Lipinski definition) is 5. The van der Waals surface area contributed by atoms with Crippen LogP contribution in [0.1, 0.15) is 30.7 Å². The highest BCUT2D eigenvalue weighted by molar-refractivity contribution is 6.31. The van der Waals surface area contributed by atoms with Gasteiger partial charge in [0, 0.05) is 41.1 Å². The van der Waals surface area contributed by atoms with Gasteiger partial charge >= 0.3 is 0 Å². The molecule has 0 aliphatic carbocycles. The maximum Gasteiger partial charge on any atom is 0.248 e. The monoisotopic (exact) mass is 539 g/mol. The van der Waals surface area contributed by atoms with Gasteiger partial charge in [0.1, 0.15) is 22.6 Å². The lowest BCUT2D eigenvalue weighted by atomic mass is 10.1. The van der Waals surface area contributed by atoms with Crippen molar-refractivity contribution >= 4 is 46.0 Å². The maximum absolute atomic E-state index is 12.7. The van der Waals surface area contributed by atoms with E-state index in [0.29, 0.717) is 27.7 Å². The normalized spacial score (nSPS) is 11.4. The van der Waals surface area contributed by atoms with Crippen molar-refractivity contribution in [1.82, 2.24) is 15.0 Å². The summed E-state index contributed by atoms with van der Waals surface area (Å²) in [6.07, 6.45) is 3.09. The Morgan fingerprint density at radius 3 is 2.36 bits per heavy atom. The van der Waals surface area contributed by atoms with Gasteiger partial charge in [0.15, 0.2) is 0 Å². The molecular formula is C31H30ClN5O2. The topological polar surface area (TPSA) is 76.2 Å².